The molecular formula is C17H19ClFNO. The van der Waals surface area contributed by atoms with Crippen LogP contribution in [0, 0.1) is 5.82 Å². The summed E-state index contributed by atoms with van der Waals surface area (Å²) in [6.45, 7) is 5.23. The number of hydrogen-bond acceptors (Lipinski definition) is 2. The number of benzene rings is 2. The molecule has 1 unspecified atom stereocenters. The molecule has 0 fully saturated rings. The number of hydrogen-bond donors (Lipinski definition) is 1. The van der Waals surface area contributed by atoms with Gasteiger partial charge in [0.25, 0.3) is 0 Å². The first kappa shape index (κ1) is 15.8. The van der Waals surface area contributed by atoms with Crippen LogP contribution in [0.25, 0.3) is 0 Å². The minimum atomic E-state index is -0.309. The lowest BCUT2D eigenvalue weighted by Gasteiger charge is -2.14. The molecule has 0 saturated heterocycles. The number of rotatable bonds is 6. The van der Waals surface area contributed by atoms with Gasteiger partial charge in [0.15, 0.2) is 0 Å². The number of halogens is 2. The average molecular weight is 308 g/mol. The molecule has 2 nitrogen and oxygen atoms in total. The summed E-state index contributed by atoms with van der Waals surface area (Å²) in [6, 6.07) is 12.5. The fraction of sp³-hybridized carbons (Fsp3) is 0.294. The molecule has 0 saturated carbocycles. The van der Waals surface area contributed by atoms with E-state index in [9.17, 15) is 4.39 Å². The Bertz CT molecular complexity index is 603. The van der Waals surface area contributed by atoms with Gasteiger partial charge in [0, 0.05) is 16.6 Å². The lowest BCUT2D eigenvalue weighted by atomic mass is 10.1. The second-order valence-corrected chi connectivity index (χ2v) is 5.31. The maximum atomic E-state index is 13.6. The van der Waals surface area contributed by atoms with Crippen molar-refractivity contribution < 1.29 is 9.13 Å². The summed E-state index contributed by atoms with van der Waals surface area (Å²) >= 11 is 5.87. The van der Waals surface area contributed by atoms with Crippen LogP contribution in [0.15, 0.2) is 42.5 Å². The van der Waals surface area contributed by atoms with Crippen LogP contribution in [0.4, 0.5) is 4.39 Å². The van der Waals surface area contributed by atoms with Crippen LogP contribution < -0.4 is 10.1 Å². The fourth-order valence-electron chi connectivity index (χ4n) is 2.11. The zero-order valence-corrected chi connectivity index (χ0v) is 13.0. The first-order valence-corrected chi connectivity index (χ1v) is 7.38. The Morgan fingerprint density at radius 2 is 2.05 bits per heavy atom. The zero-order chi connectivity index (χ0) is 15.2. The summed E-state index contributed by atoms with van der Waals surface area (Å²) in [6.07, 6.45) is 0. The predicted molar refractivity (Wildman–Crippen MR) is 84.3 cm³/mol. The molecule has 0 aromatic heterocycles. The van der Waals surface area contributed by atoms with Crippen LogP contribution >= 0.6 is 11.6 Å². The number of nitrogens with one attached hydrogen (secondary N) is 1. The molecule has 0 radical (unpaired) electrons. The Morgan fingerprint density at radius 1 is 1.24 bits per heavy atom. The maximum Gasteiger partial charge on any atom is 0.129 e. The van der Waals surface area contributed by atoms with E-state index in [1.54, 1.807) is 6.07 Å². The van der Waals surface area contributed by atoms with Crippen LogP contribution in [0.3, 0.4) is 0 Å². The third kappa shape index (κ3) is 4.45. The molecule has 2 rings (SSSR count). The minimum absolute atomic E-state index is 0.158. The highest BCUT2D eigenvalue weighted by Crippen LogP contribution is 2.21. The summed E-state index contributed by atoms with van der Waals surface area (Å²) < 4.78 is 19.3. The highest BCUT2D eigenvalue weighted by molar-refractivity contribution is 6.30. The lowest BCUT2D eigenvalue weighted by Crippen LogP contribution is -2.17. The van der Waals surface area contributed by atoms with Gasteiger partial charge >= 0.3 is 0 Å². The standard InChI is InChI=1S/C17H19ClFNO/c1-3-20-12(2)13-5-4-6-16(10-13)21-11-14-9-15(18)7-8-17(14)19/h4-10,12,20H,3,11H2,1-2H3. The highest BCUT2D eigenvalue weighted by atomic mass is 35.5. The molecule has 0 aliphatic rings. The molecule has 0 aliphatic carbocycles. The molecule has 0 bridgehead atoms. The van der Waals surface area contributed by atoms with E-state index in [4.69, 9.17) is 16.3 Å². The van der Waals surface area contributed by atoms with Gasteiger partial charge in [0.05, 0.1) is 0 Å². The van der Waals surface area contributed by atoms with Crippen molar-refractivity contribution >= 4 is 11.6 Å². The molecular weight excluding hydrogens is 289 g/mol. The van der Waals surface area contributed by atoms with E-state index in [-0.39, 0.29) is 18.5 Å². The Labute approximate surface area is 129 Å². The Hall–Kier alpha value is -1.58. The van der Waals surface area contributed by atoms with Crippen molar-refractivity contribution in [3.63, 3.8) is 0 Å². The summed E-state index contributed by atoms with van der Waals surface area (Å²) in [7, 11) is 0. The molecule has 0 amide bonds. The van der Waals surface area contributed by atoms with Crippen LogP contribution in [-0.2, 0) is 6.61 Å². The van der Waals surface area contributed by atoms with E-state index in [0.29, 0.717) is 10.6 Å². The molecule has 0 spiro atoms. The van der Waals surface area contributed by atoms with Crippen LogP contribution in [-0.4, -0.2) is 6.54 Å². The molecule has 4 heteroatoms. The summed E-state index contributed by atoms with van der Waals surface area (Å²) in [4.78, 5) is 0. The van der Waals surface area contributed by atoms with E-state index < -0.39 is 0 Å². The van der Waals surface area contributed by atoms with Gasteiger partial charge in [0.1, 0.15) is 18.2 Å². The van der Waals surface area contributed by atoms with Gasteiger partial charge in [-0.2, -0.15) is 0 Å². The third-order valence-corrected chi connectivity index (χ3v) is 3.51. The second-order valence-electron chi connectivity index (χ2n) is 4.88. The van der Waals surface area contributed by atoms with Crippen molar-refractivity contribution in [2.24, 2.45) is 0 Å². The van der Waals surface area contributed by atoms with Crippen molar-refractivity contribution in [3.8, 4) is 5.75 Å². The number of ether oxygens (including phenoxy) is 1. The summed E-state index contributed by atoms with van der Waals surface area (Å²) in [5.74, 6) is 0.410. The normalized spacial score (nSPS) is 12.2. The average Bonchev–Trinajstić information content (AvgIpc) is 2.49. The summed E-state index contributed by atoms with van der Waals surface area (Å²) in [5.41, 5.74) is 1.59. The van der Waals surface area contributed by atoms with Crippen LogP contribution in [0.2, 0.25) is 5.02 Å². The van der Waals surface area contributed by atoms with Gasteiger partial charge in [-0.3, -0.25) is 0 Å². The van der Waals surface area contributed by atoms with Crippen LogP contribution in [0.5, 0.6) is 5.75 Å². The Kier molecular flexibility index (Phi) is 5.59. The molecule has 112 valence electrons. The van der Waals surface area contributed by atoms with Crippen molar-refractivity contribution in [3.05, 3.63) is 64.4 Å². The molecule has 0 heterocycles. The van der Waals surface area contributed by atoms with Crippen molar-refractivity contribution in [2.75, 3.05) is 6.54 Å². The highest BCUT2D eigenvalue weighted by Gasteiger charge is 2.07. The molecule has 1 N–H and O–H groups in total. The van der Waals surface area contributed by atoms with Gasteiger partial charge in [0.2, 0.25) is 0 Å². The topological polar surface area (TPSA) is 21.3 Å². The largest absolute Gasteiger partial charge is 0.489 e. The van der Waals surface area contributed by atoms with Crippen molar-refractivity contribution in [2.45, 2.75) is 26.5 Å². The zero-order valence-electron chi connectivity index (χ0n) is 12.2. The van der Waals surface area contributed by atoms with Gasteiger partial charge in [-0.1, -0.05) is 30.7 Å². The molecule has 21 heavy (non-hydrogen) atoms. The van der Waals surface area contributed by atoms with Gasteiger partial charge in [-0.05, 0) is 49.4 Å². The predicted octanol–water partition coefficient (Wildman–Crippen LogP) is 4.73. The van der Waals surface area contributed by atoms with Crippen molar-refractivity contribution in [1.29, 1.82) is 0 Å². The van der Waals surface area contributed by atoms with E-state index in [1.807, 2.05) is 24.3 Å². The Morgan fingerprint density at radius 3 is 2.81 bits per heavy atom. The first-order chi connectivity index (χ1) is 10.1. The van der Waals surface area contributed by atoms with Crippen LogP contribution in [0.1, 0.15) is 31.0 Å². The smallest absolute Gasteiger partial charge is 0.129 e. The first-order valence-electron chi connectivity index (χ1n) is 7.00. The SMILES string of the molecule is CCNC(C)c1cccc(OCc2cc(Cl)ccc2F)c1. The van der Waals surface area contributed by atoms with Gasteiger partial charge in [-0.25, -0.2) is 4.39 Å². The molecule has 2 aromatic carbocycles. The fourth-order valence-corrected chi connectivity index (χ4v) is 2.31. The molecule has 2 aromatic rings. The third-order valence-electron chi connectivity index (χ3n) is 3.27. The monoisotopic (exact) mass is 307 g/mol. The van der Waals surface area contributed by atoms with Gasteiger partial charge < -0.3 is 10.1 Å². The minimum Gasteiger partial charge on any atom is -0.489 e. The summed E-state index contributed by atoms with van der Waals surface area (Å²) in [5, 5.41) is 3.85. The maximum absolute atomic E-state index is 13.6. The second kappa shape index (κ2) is 7.43. The van der Waals surface area contributed by atoms with E-state index in [0.717, 1.165) is 17.9 Å². The quantitative estimate of drug-likeness (QED) is 0.833. The van der Waals surface area contributed by atoms with Crippen molar-refractivity contribution in [1.82, 2.24) is 5.32 Å². The molecule has 1 atom stereocenters. The lowest BCUT2D eigenvalue weighted by molar-refractivity contribution is 0.299. The molecule has 0 aliphatic heterocycles. The van der Waals surface area contributed by atoms with E-state index in [1.165, 1.54) is 12.1 Å². The van der Waals surface area contributed by atoms with E-state index in [2.05, 4.69) is 19.2 Å². The van der Waals surface area contributed by atoms with E-state index >= 15 is 0 Å². The Balaban J connectivity index is 2.06. The van der Waals surface area contributed by atoms with Gasteiger partial charge in [-0.15, -0.1) is 0 Å².